The van der Waals surface area contributed by atoms with Crippen LogP contribution in [0.3, 0.4) is 0 Å². The van der Waals surface area contributed by atoms with Crippen LogP contribution >= 0.6 is 0 Å². The Kier molecular flexibility index (Phi) is 7.30. The summed E-state index contributed by atoms with van der Waals surface area (Å²) >= 11 is 0. The minimum atomic E-state index is -4.53. The van der Waals surface area contributed by atoms with Gasteiger partial charge in [-0.05, 0) is 41.8 Å². The first-order valence-corrected chi connectivity index (χ1v) is 13.9. The van der Waals surface area contributed by atoms with E-state index in [0.29, 0.717) is 19.5 Å². The second-order valence-corrected chi connectivity index (χ2v) is 11.7. The van der Waals surface area contributed by atoms with Gasteiger partial charge in [-0.25, -0.2) is 8.42 Å². The van der Waals surface area contributed by atoms with E-state index in [1.807, 2.05) is 60.7 Å². The maximum atomic E-state index is 13.4. The van der Waals surface area contributed by atoms with Crippen molar-refractivity contribution >= 4 is 15.9 Å². The highest BCUT2D eigenvalue weighted by atomic mass is 32.2. The highest BCUT2D eigenvalue weighted by molar-refractivity contribution is 7.89. The lowest BCUT2D eigenvalue weighted by Crippen LogP contribution is -2.51. The van der Waals surface area contributed by atoms with Gasteiger partial charge in [-0.3, -0.25) is 9.69 Å². The van der Waals surface area contributed by atoms with E-state index >= 15 is 0 Å². The van der Waals surface area contributed by atoms with Crippen LogP contribution in [0.15, 0.2) is 89.8 Å². The highest BCUT2D eigenvalue weighted by Crippen LogP contribution is 2.33. The van der Waals surface area contributed by atoms with Gasteiger partial charge in [-0.2, -0.15) is 17.5 Å². The number of hydrogen-bond donors (Lipinski definition) is 1. The molecule has 1 N–H and O–H groups in total. The number of piperazine rings is 1. The number of sulfonamides is 1. The lowest BCUT2D eigenvalue weighted by Gasteiger charge is -2.36. The van der Waals surface area contributed by atoms with E-state index in [1.165, 1.54) is 4.31 Å². The third-order valence-electron chi connectivity index (χ3n) is 7.32. The van der Waals surface area contributed by atoms with Crippen molar-refractivity contribution in [1.29, 1.82) is 0 Å². The van der Waals surface area contributed by atoms with Gasteiger partial charge in [0.25, 0.3) is 0 Å². The minimum absolute atomic E-state index is 0.0887. The van der Waals surface area contributed by atoms with Gasteiger partial charge in [0, 0.05) is 32.2 Å². The molecule has 38 heavy (non-hydrogen) atoms. The molecule has 0 spiro atoms. The van der Waals surface area contributed by atoms with Crippen molar-refractivity contribution in [3.63, 3.8) is 0 Å². The Morgan fingerprint density at radius 2 is 1.42 bits per heavy atom. The molecule has 0 saturated carbocycles. The van der Waals surface area contributed by atoms with E-state index in [9.17, 15) is 26.4 Å². The topological polar surface area (TPSA) is 69.7 Å². The molecule has 1 amide bonds. The number of carbonyl (C=O) groups is 1. The van der Waals surface area contributed by atoms with Gasteiger partial charge in [-0.15, -0.1) is 0 Å². The molecule has 5 rings (SSSR count). The van der Waals surface area contributed by atoms with Crippen molar-refractivity contribution in [3.05, 3.63) is 102 Å². The number of hydrogen-bond acceptors (Lipinski definition) is 4. The van der Waals surface area contributed by atoms with E-state index in [2.05, 4.69) is 10.2 Å². The second-order valence-electron chi connectivity index (χ2n) is 9.73. The van der Waals surface area contributed by atoms with Gasteiger partial charge in [0.1, 0.15) is 0 Å². The van der Waals surface area contributed by atoms with Gasteiger partial charge in [0.15, 0.2) is 0 Å². The highest BCUT2D eigenvalue weighted by Gasteiger charge is 2.42. The molecule has 2 heterocycles. The van der Waals surface area contributed by atoms with Crippen molar-refractivity contribution in [1.82, 2.24) is 14.5 Å². The normalized spacial score (nSPS) is 20.8. The first-order valence-electron chi connectivity index (χ1n) is 12.4. The van der Waals surface area contributed by atoms with Gasteiger partial charge in [0.2, 0.25) is 15.9 Å². The number of amides is 1. The van der Waals surface area contributed by atoms with Crippen molar-refractivity contribution < 1.29 is 26.4 Å². The molecule has 2 atom stereocenters. The van der Waals surface area contributed by atoms with E-state index in [4.69, 9.17) is 0 Å². The summed E-state index contributed by atoms with van der Waals surface area (Å²) in [5.41, 5.74) is 1.04. The molecule has 0 unspecified atom stereocenters. The molecule has 0 bridgehead atoms. The lowest BCUT2D eigenvalue weighted by molar-refractivity contribution is -0.137. The predicted molar refractivity (Wildman–Crippen MR) is 137 cm³/mol. The third kappa shape index (κ3) is 5.48. The van der Waals surface area contributed by atoms with Crippen molar-refractivity contribution in [2.24, 2.45) is 5.92 Å². The first-order chi connectivity index (χ1) is 18.1. The average molecular weight is 544 g/mol. The summed E-state index contributed by atoms with van der Waals surface area (Å²) in [5, 5.41) is 3.20. The zero-order chi connectivity index (χ0) is 26.9. The first kappa shape index (κ1) is 26.4. The molecular formula is C28H28F3N3O3S. The van der Waals surface area contributed by atoms with Crippen LogP contribution < -0.4 is 5.32 Å². The summed E-state index contributed by atoms with van der Waals surface area (Å²) in [6.07, 6.45) is -4.03. The lowest BCUT2D eigenvalue weighted by atomic mass is 9.97. The summed E-state index contributed by atoms with van der Waals surface area (Å²) in [6.45, 7) is 1.38. The van der Waals surface area contributed by atoms with Gasteiger partial charge in [0.05, 0.1) is 22.4 Å². The molecule has 2 aliphatic rings. The molecule has 0 aromatic heterocycles. The zero-order valence-corrected chi connectivity index (χ0v) is 21.3. The summed E-state index contributed by atoms with van der Waals surface area (Å²) in [6, 6.07) is 22.6. The Hall–Kier alpha value is -3.21. The van der Waals surface area contributed by atoms with Crippen LogP contribution in [0.4, 0.5) is 13.2 Å². The molecule has 200 valence electrons. The number of nitrogens with zero attached hydrogens (tertiary/aromatic N) is 2. The Balaban J connectivity index is 1.27. The van der Waals surface area contributed by atoms with E-state index in [0.717, 1.165) is 35.4 Å². The predicted octanol–water partition coefficient (Wildman–Crippen LogP) is 4.31. The Morgan fingerprint density at radius 3 is 1.97 bits per heavy atom. The fourth-order valence-corrected chi connectivity index (χ4v) is 6.77. The molecular weight excluding hydrogens is 515 g/mol. The fourth-order valence-electron chi connectivity index (χ4n) is 5.30. The van der Waals surface area contributed by atoms with Gasteiger partial charge < -0.3 is 5.32 Å². The number of rotatable bonds is 6. The monoisotopic (exact) mass is 543 g/mol. The van der Waals surface area contributed by atoms with E-state index < -0.39 is 21.8 Å². The third-order valence-corrected chi connectivity index (χ3v) is 9.20. The summed E-state index contributed by atoms with van der Waals surface area (Å²) in [7, 11) is -3.95. The maximum Gasteiger partial charge on any atom is 0.416 e. The van der Waals surface area contributed by atoms with E-state index in [1.54, 1.807) is 0 Å². The van der Waals surface area contributed by atoms with Gasteiger partial charge in [-0.1, -0.05) is 60.7 Å². The van der Waals surface area contributed by atoms with Crippen LogP contribution in [0.1, 0.15) is 29.2 Å². The standard InChI is InChI=1S/C28H28F3N3O3S/c29-28(30,31)23-11-13-25(14-12-23)38(36,37)34-16-15-33-18-22(17-24(33)19-34)27(35)32-26(20-7-3-1-4-8-20)21-9-5-2-6-10-21/h1-14,22,24,26H,15-19H2,(H,32,35)/t22-,24-/m0/s1. The Bertz CT molecular complexity index is 1330. The molecule has 2 aliphatic heterocycles. The smallest absolute Gasteiger partial charge is 0.345 e. The summed E-state index contributed by atoms with van der Waals surface area (Å²) in [5.74, 6) is -0.391. The summed E-state index contributed by atoms with van der Waals surface area (Å²) < 4.78 is 66.3. The number of alkyl halides is 3. The number of benzene rings is 3. The van der Waals surface area contributed by atoms with Crippen LogP contribution in [0.5, 0.6) is 0 Å². The van der Waals surface area contributed by atoms with Crippen molar-refractivity contribution in [3.8, 4) is 0 Å². The van der Waals surface area contributed by atoms with E-state index in [-0.39, 0.29) is 41.9 Å². The number of fused-ring (bicyclic) bond motifs is 1. The Morgan fingerprint density at radius 1 is 0.842 bits per heavy atom. The minimum Gasteiger partial charge on any atom is -0.345 e. The van der Waals surface area contributed by atoms with Crippen LogP contribution in [0, 0.1) is 5.92 Å². The average Bonchev–Trinajstić information content (AvgIpc) is 3.36. The molecule has 6 nitrogen and oxygen atoms in total. The SMILES string of the molecule is O=C(NC(c1ccccc1)c1ccccc1)[C@H]1C[C@H]2CN(S(=O)(=O)c3ccc(C(F)(F)F)cc3)CCN2C1. The number of nitrogens with one attached hydrogen (secondary N) is 1. The maximum absolute atomic E-state index is 13.4. The molecule has 0 aliphatic carbocycles. The molecule has 3 aromatic rings. The number of halogens is 3. The van der Waals surface area contributed by atoms with Crippen LogP contribution in [0.2, 0.25) is 0 Å². The van der Waals surface area contributed by atoms with Crippen molar-refractivity contribution in [2.75, 3.05) is 26.2 Å². The van der Waals surface area contributed by atoms with Gasteiger partial charge >= 0.3 is 6.18 Å². The fraction of sp³-hybridized carbons (Fsp3) is 0.321. The van der Waals surface area contributed by atoms with Crippen LogP contribution in [0.25, 0.3) is 0 Å². The van der Waals surface area contributed by atoms with Crippen LogP contribution in [-0.2, 0) is 21.0 Å². The molecule has 10 heteroatoms. The Labute approximate surface area is 220 Å². The second kappa shape index (κ2) is 10.5. The number of carbonyl (C=O) groups excluding carboxylic acids is 1. The molecule has 0 radical (unpaired) electrons. The summed E-state index contributed by atoms with van der Waals surface area (Å²) in [4.78, 5) is 15.4. The largest absolute Gasteiger partial charge is 0.416 e. The molecule has 2 fully saturated rings. The quantitative estimate of drug-likeness (QED) is 0.503. The molecule has 2 saturated heterocycles. The van der Waals surface area contributed by atoms with Crippen molar-refractivity contribution in [2.45, 2.75) is 29.6 Å². The van der Waals surface area contributed by atoms with Crippen LogP contribution in [-0.4, -0.2) is 55.8 Å². The zero-order valence-electron chi connectivity index (χ0n) is 20.5. The molecule has 3 aromatic carbocycles.